The van der Waals surface area contributed by atoms with Crippen LogP contribution in [-0.2, 0) is 6.54 Å². The van der Waals surface area contributed by atoms with E-state index in [1.165, 1.54) is 16.2 Å². The van der Waals surface area contributed by atoms with Crippen molar-refractivity contribution in [3.8, 4) is 0 Å². The van der Waals surface area contributed by atoms with E-state index in [-0.39, 0.29) is 0 Å². The molecule has 3 N–H and O–H groups in total. The number of guanidine groups is 1. The van der Waals surface area contributed by atoms with E-state index in [2.05, 4.69) is 36.3 Å². The average molecular weight is 225 g/mol. The van der Waals surface area contributed by atoms with Gasteiger partial charge in [0.25, 0.3) is 0 Å². The van der Waals surface area contributed by atoms with Gasteiger partial charge in [-0.3, -0.25) is 0 Å². The molecule has 0 aliphatic carbocycles. The summed E-state index contributed by atoms with van der Waals surface area (Å²) in [5, 5.41) is 3.09. The highest BCUT2D eigenvalue weighted by molar-refractivity contribution is 7.11. The van der Waals surface area contributed by atoms with E-state index in [0.29, 0.717) is 12.5 Å². The molecule has 0 aliphatic rings. The summed E-state index contributed by atoms with van der Waals surface area (Å²) in [5.74, 6) is 0.550. The zero-order valence-corrected chi connectivity index (χ0v) is 10.2. The van der Waals surface area contributed by atoms with Crippen molar-refractivity contribution >= 4 is 17.3 Å². The molecule has 84 valence electrons. The third kappa shape index (κ3) is 4.83. The number of hydrogen-bond acceptors (Lipinski definition) is 2. The first-order valence-corrected chi connectivity index (χ1v) is 6.13. The molecule has 0 atom stereocenters. The second kappa shape index (κ2) is 6.45. The van der Waals surface area contributed by atoms with Crippen LogP contribution in [0.25, 0.3) is 0 Å². The molecule has 1 rings (SSSR count). The maximum absolute atomic E-state index is 5.71. The molecule has 0 amide bonds. The van der Waals surface area contributed by atoms with Gasteiger partial charge in [0.05, 0.1) is 6.54 Å². The second-order valence-electron chi connectivity index (χ2n) is 3.49. The highest BCUT2D eigenvalue weighted by Crippen LogP contribution is 2.15. The van der Waals surface area contributed by atoms with Crippen molar-refractivity contribution in [2.45, 2.75) is 33.2 Å². The Kier molecular flexibility index (Phi) is 5.18. The molecular formula is C11H19N3S. The molecule has 4 heteroatoms. The number of nitrogens with zero attached hydrogens (tertiary/aromatic N) is 1. The molecule has 3 nitrogen and oxygen atoms in total. The summed E-state index contributed by atoms with van der Waals surface area (Å²) < 4.78 is 0. The van der Waals surface area contributed by atoms with E-state index in [4.69, 9.17) is 5.73 Å². The van der Waals surface area contributed by atoms with Crippen molar-refractivity contribution in [3.63, 3.8) is 0 Å². The van der Waals surface area contributed by atoms with Gasteiger partial charge in [0.15, 0.2) is 5.96 Å². The number of nitrogens with two attached hydrogens (primary N) is 1. The van der Waals surface area contributed by atoms with Crippen LogP contribution in [0.15, 0.2) is 17.1 Å². The van der Waals surface area contributed by atoms with E-state index in [1.807, 2.05) is 0 Å². The Morgan fingerprint density at radius 2 is 2.33 bits per heavy atom. The fourth-order valence-electron chi connectivity index (χ4n) is 1.18. The fourth-order valence-corrected chi connectivity index (χ4v) is 2.00. The number of aliphatic imine (C=N–C) groups is 1. The average Bonchev–Trinajstić information content (AvgIpc) is 2.62. The minimum atomic E-state index is 0.550. The quantitative estimate of drug-likeness (QED) is 0.459. The Morgan fingerprint density at radius 3 is 2.93 bits per heavy atom. The van der Waals surface area contributed by atoms with Crippen LogP contribution in [0.4, 0.5) is 0 Å². The van der Waals surface area contributed by atoms with E-state index < -0.39 is 0 Å². The van der Waals surface area contributed by atoms with Crippen molar-refractivity contribution < 1.29 is 0 Å². The lowest BCUT2D eigenvalue weighted by molar-refractivity contribution is 0.748. The van der Waals surface area contributed by atoms with Crippen molar-refractivity contribution in [3.05, 3.63) is 21.9 Å². The largest absolute Gasteiger partial charge is 0.370 e. The van der Waals surface area contributed by atoms with E-state index in [9.17, 15) is 0 Å². The Bertz CT molecular complexity index is 317. The molecule has 1 heterocycles. The smallest absolute Gasteiger partial charge is 0.188 e. The minimum absolute atomic E-state index is 0.550. The first kappa shape index (κ1) is 12.0. The Hall–Kier alpha value is -1.03. The maximum atomic E-state index is 5.71. The highest BCUT2D eigenvalue weighted by atomic mass is 32.1. The van der Waals surface area contributed by atoms with Gasteiger partial charge in [-0.2, -0.15) is 0 Å². The number of aryl methyl sites for hydroxylation is 1. The van der Waals surface area contributed by atoms with Crippen LogP contribution in [-0.4, -0.2) is 12.5 Å². The van der Waals surface area contributed by atoms with Crippen LogP contribution in [0.1, 0.15) is 29.5 Å². The molecule has 1 aromatic rings. The van der Waals surface area contributed by atoms with Gasteiger partial charge in [-0.25, -0.2) is 4.99 Å². The van der Waals surface area contributed by atoms with Gasteiger partial charge in [0.2, 0.25) is 0 Å². The highest BCUT2D eigenvalue weighted by Gasteiger charge is 1.95. The molecule has 0 spiro atoms. The normalized spacial score (nSPS) is 11.7. The lowest BCUT2D eigenvalue weighted by Gasteiger charge is -2.03. The summed E-state index contributed by atoms with van der Waals surface area (Å²) in [6.07, 6.45) is 2.30. The number of hydrogen-bond donors (Lipinski definition) is 2. The SMILES string of the molecule is CCCCNC(N)=NCc1ccc(C)s1. The fraction of sp³-hybridized carbons (Fsp3) is 0.545. The van der Waals surface area contributed by atoms with Crippen LogP contribution < -0.4 is 11.1 Å². The van der Waals surface area contributed by atoms with Gasteiger partial charge >= 0.3 is 0 Å². The first-order valence-electron chi connectivity index (χ1n) is 5.31. The molecule has 0 unspecified atom stereocenters. The molecular weight excluding hydrogens is 206 g/mol. The minimum Gasteiger partial charge on any atom is -0.370 e. The van der Waals surface area contributed by atoms with Crippen molar-refractivity contribution in [2.75, 3.05) is 6.54 Å². The molecule has 0 saturated heterocycles. The third-order valence-corrected chi connectivity index (χ3v) is 3.02. The topological polar surface area (TPSA) is 50.4 Å². The van der Waals surface area contributed by atoms with Crippen molar-refractivity contribution in [1.29, 1.82) is 0 Å². The van der Waals surface area contributed by atoms with E-state index in [1.54, 1.807) is 11.3 Å². The van der Waals surface area contributed by atoms with E-state index in [0.717, 1.165) is 13.0 Å². The van der Waals surface area contributed by atoms with Gasteiger partial charge in [-0.05, 0) is 25.5 Å². The standard InChI is InChI=1S/C11H19N3S/c1-3-4-7-13-11(12)14-8-10-6-5-9(2)15-10/h5-6H,3-4,7-8H2,1-2H3,(H3,12,13,14). The Balaban J connectivity index is 2.30. The first-order chi connectivity index (χ1) is 7.22. The summed E-state index contributed by atoms with van der Waals surface area (Å²) in [6, 6.07) is 4.21. The second-order valence-corrected chi connectivity index (χ2v) is 4.87. The zero-order valence-electron chi connectivity index (χ0n) is 9.42. The zero-order chi connectivity index (χ0) is 11.1. The van der Waals surface area contributed by atoms with Gasteiger partial charge in [-0.15, -0.1) is 11.3 Å². The molecule has 0 radical (unpaired) electrons. The summed E-state index contributed by atoms with van der Waals surface area (Å²) in [4.78, 5) is 6.85. The van der Waals surface area contributed by atoms with Crippen molar-refractivity contribution in [1.82, 2.24) is 5.32 Å². The van der Waals surface area contributed by atoms with Gasteiger partial charge < -0.3 is 11.1 Å². The van der Waals surface area contributed by atoms with Crippen LogP contribution in [0, 0.1) is 6.92 Å². The van der Waals surface area contributed by atoms with Crippen LogP contribution in [0.3, 0.4) is 0 Å². The maximum Gasteiger partial charge on any atom is 0.188 e. The molecule has 0 aliphatic heterocycles. The Labute approximate surface area is 95.4 Å². The van der Waals surface area contributed by atoms with Gasteiger partial charge in [0.1, 0.15) is 0 Å². The van der Waals surface area contributed by atoms with Crippen LogP contribution in [0.2, 0.25) is 0 Å². The molecule has 15 heavy (non-hydrogen) atoms. The van der Waals surface area contributed by atoms with Gasteiger partial charge in [0, 0.05) is 16.3 Å². The van der Waals surface area contributed by atoms with Crippen LogP contribution >= 0.6 is 11.3 Å². The number of rotatable bonds is 5. The summed E-state index contributed by atoms with van der Waals surface area (Å²) >= 11 is 1.77. The third-order valence-electron chi connectivity index (χ3n) is 2.04. The lowest BCUT2D eigenvalue weighted by Crippen LogP contribution is -2.32. The van der Waals surface area contributed by atoms with Crippen LogP contribution in [0.5, 0.6) is 0 Å². The predicted octanol–water partition coefficient (Wildman–Crippen LogP) is 2.26. The van der Waals surface area contributed by atoms with Gasteiger partial charge in [-0.1, -0.05) is 13.3 Å². The van der Waals surface area contributed by atoms with Crippen molar-refractivity contribution in [2.24, 2.45) is 10.7 Å². The molecule has 0 bridgehead atoms. The summed E-state index contributed by atoms with van der Waals surface area (Å²) in [6.45, 7) is 5.85. The molecule has 0 fully saturated rings. The Morgan fingerprint density at radius 1 is 1.53 bits per heavy atom. The lowest BCUT2D eigenvalue weighted by atomic mass is 10.3. The number of unbranched alkanes of at least 4 members (excludes halogenated alkanes) is 1. The molecule has 0 aromatic carbocycles. The summed E-state index contributed by atoms with van der Waals surface area (Å²) in [5.41, 5.74) is 5.71. The number of thiophene rings is 1. The number of nitrogens with one attached hydrogen (secondary N) is 1. The predicted molar refractivity (Wildman–Crippen MR) is 67.3 cm³/mol. The molecule has 1 aromatic heterocycles. The molecule has 0 saturated carbocycles. The summed E-state index contributed by atoms with van der Waals surface area (Å²) in [7, 11) is 0. The monoisotopic (exact) mass is 225 g/mol. The van der Waals surface area contributed by atoms with E-state index >= 15 is 0 Å².